The third kappa shape index (κ3) is 3.04. The van der Waals surface area contributed by atoms with Crippen molar-refractivity contribution in [3.05, 3.63) is 34.4 Å². The molecular weight excluding hydrogens is 272 g/mol. The minimum Gasteiger partial charge on any atom is -0.478 e. The Morgan fingerprint density at radius 1 is 1.19 bits per heavy atom. The van der Waals surface area contributed by atoms with E-state index in [9.17, 15) is 19.5 Å². The molecule has 1 heterocycles. The van der Waals surface area contributed by atoms with Crippen LogP contribution in [0.1, 0.15) is 38.3 Å². The summed E-state index contributed by atoms with van der Waals surface area (Å²) in [6.07, 6.45) is 0.657. The number of hydrogen-bond acceptors (Lipinski definition) is 3. The van der Waals surface area contributed by atoms with Gasteiger partial charge in [0.25, 0.3) is 5.91 Å². The Bertz CT molecular complexity index is 610. The molecule has 2 rings (SSSR count). The van der Waals surface area contributed by atoms with Crippen LogP contribution in [0.2, 0.25) is 0 Å². The van der Waals surface area contributed by atoms with Crippen LogP contribution in [0.25, 0.3) is 0 Å². The molecule has 0 spiro atoms. The lowest BCUT2D eigenvalue weighted by Gasteiger charge is -2.22. The Morgan fingerprint density at radius 2 is 1.81 bits per heavy atom. The summed E-state index contributed by atoms with van der Waals surface area (Å²) >= 11 is 0. The van der Waals surface area contributed by atoms with E-state index in [0.717, 1.165) is 0 Å². The van der Waals surface area contributed by atoms with E-state index in [2.05, 4.69) is 5.32 Å². The van der Waals surface area contributed by atoms with Crippen LogP contribution in [0.15, 0.2) is 12.1 Å². The number of carboxylic acids is 1. The SMILES string of the molecule is Cc1ccc(C)c(C(=O)N2CCCNC(=O)C2)c1C(=O)O. The van der Waals surface area contributed by atoms with Gasteiger partial charge in [0.1, 0.15) is 0 Å². The largest absolute Gasteiger partial charge is 0.478 e. The predicted molar refractivity (Wildman–Crippen MR) is 76.4 cm³/mol. The summed E-state index contributed by atoms with van der Waals surface area (Å²) in [5.41, 5.74) is 1.34. The van der Waals surface area contributed by atoms with Gasteiger partial charge in [-0.15, -0.1) is 0 Å². The minimum absolute atomic E-state index is 0.0182. The summed E-state index contributed by atoms with van der Waals surface area (Å²) in [4.78, 5) is 37.1. The van der Waals surface area contributed by atoms with E-state index in [1.54, 1.807) is 26.0 Å². The van der Waals surface area contributed by atoms with Crippen molar-refractivity contribution in [1.29, 1.82) is 0 Å². The maximum absolute atomic E-state index is 12.7. The van der Waals surface area contributed by atoms with Crippen molar-refractivity contribution in [3.8, 4) is 0 Å². The van der Waals surface area contributed by atoms with Gasteiger partial charge in [-0.05, 0) is 31.4 Å². The van der Waals surface area contributed by atoms with Gasteiger partial charge in [0.15, 0.2) is 0 Å². The number of nitrogens with one attached hydrogen (secondary N) is 1. The van der Waals surface area contributed by atoms with E-state index >= 15 is 0 Å². The highest BCUT2D eigenvalue weighted by Gasteiger charge is 2.27. The highest BCUT2D eigenvalue weighted by molar-refractivity contribution is 6.07. The molecule has 0 aromatic heterocycles. The van der Waals surface area contributed by atoms with E-state index in [-0.39, 0.29) is 23.6 Å². The highest BCUT2D eigenvalue weighted by Crippen LogP contribution is 2.21. The first-order valence-corrected chi connectivity index (χ1v) is 6.81. The van der Waals surface area contributed by atoms with Gasteiger partial charge in [-0.1, -0.05) is 12.1 Å². The second-order valence-electron chi connectivity index (χ2n) is 5.18. The second kappa shape index (κ2) is 5.95. The molecule has 2 amide bonds. The lowest BCUT2D eigenvalue weighted by molar-refractivity contribution is -0.121. The molecule has 1 aliphatic rings. The van der Waals surface area contributed by atoms with Gasteiger partial charge in [0.2, 0.25) is 5.91 Å². The highest BCUT2D eigenvalue weighted by atomic mass is 16.4. The lowest BCUT2D eigenvalue weighted by atomic mass is 9.96. The zero-order valence-electron chi connectivity index (χ0n) is 12.1. The minimum atomic E-state index is -1.13. The molecular formula is C15H18N2O4. The molecule has 0 unspecified atom stereocenters. The van der Waals surface area contributed by atoms with Crippen molar-refractivity contribution in [2.75, 3.05) is 19.6 Å². The van der Waals surface area contributed by atoms with Crippen LogP contribution in [-0.2, 0) is 4.79 Å². The molecule has 1 saturated heterocycles. The van der Waals surface area contributed by atoms with Crippen LogP contribution >= 0.6 is 0 Å². The molecule has 21 heavy (non-hydrogen) atoms. The lowest BCUT2D eigenvalue weighted by Crippen LogP contribution is -2.38. The number of aryl methyl sites for hydroxylation is 2. The molecule has 6 heteroatoms. The van der Waals surface area contributed by atoms with Gasteiger partial charge in [0, 0.05) is 13.1 Å². The molecule has 0 bridgehead atoms. The van der Waals surface area contributed by atoms with E-state index < -0.39 is 11.9 Å². The Hall–Kier alpha value is -2.37. The molecule has 0 atom stereocenters. The second-order valence-corrected chi connectivity index (χ2v) is 5.18. The molecule has 0 radical (unpaired) electrons. The van der Waals surface area contributed by atoms with E-state index in [0.29, 0.717) is 30.6 Å². The summed E-state index contributed by atoms with van der Waals surface area (Å²) in [6, 6.07) is 3.41. The molecule has 2 N–H and O–H groups in total. The van der Waals surface area contributed by atoms with Crippen molar-refractivity contribution >= 4 is 17.8 Å². The van der Waals surface area contributed by atoms with E-state index in [1.165, 1.54) is 4.90 Å². The number of aromatic carboxylic acids is 1. The fourth-order valence-corrected chi connectivity index (χ4v) is 2.50. The van der Waals surface area contributed by atoms with Gasteiger partial charge in [0.05, 0.1) is 17.7 Å². The Balaban J connectivity index is 2.45. The summed E-state index contributed by atoms with van der Waals surface area (Å²) in [5.74, 6) is -1.74. The molecule has 1 aromatic carbocycles. The molecule has 1 aliphatic heterocycles. The third-order valence-electron chi connectivity index (χ3n) is 3.60. The fourth-order valence-electron chi connectivity index (χ4n) is 2.50. The van der Waals surface area contributed by atoms with E-state index in [1.807, 2.05) is 0 Å². The van der Waals surface area contributed by atoms with Crippen LogP contribution in [-0.4, -0.2) is 47.4 Å². The molecule has 0 aliphatic carbocycles. The number of nitrogens with zero attached hydrogens (tertiary/aromatic N) is 1. The van der Waals surface area contributed by atoms with Crippen LogP contribution in [0.4, 0.5) is 0 Å². The number of carboxylic acid groups (broad SMARTS) is 1. The zero-order chi connectivity index (χ0) is 15.6. The van der Waals surface area contributed by atoms with Gasteiger partial charge in [-0.25, -0.2) is 4.79 Å². The van der Waals surface area contributed by atoms with Crippen LogP contribution in [0.5, 0.6) is 0 Å². The van der Waals surface area contributed by atoms with Crippen LogP contribution < -0.4 is 5.32 Å². The number of carbonyl (C=O) groups excluding carboxylic acids is 2. The quantitative estimate of drug-likeness (QED) is 0.849. The molecule has 1 aromatic rings. The summed E-state index contributed by atoms with van der Waals surface area (Å²) in [5, 5.41) is 12.1. The van der Waals surface area contributed by atoms with Crippen LogP contribution in [0.3, 0.4) is 0 Å². The van der Waals surface area contributed by atoms with E-state index in [4.69, 9.17) is 0 Å². The van der Waals surface area contributed by atoms with Crippen molar-refractivity contribution in [2.45, 2.75) is 20.3 Å². The maximum Gasteiger partial charge on any atom is 0.336 e. The van der Waals surface area contributed by atoms with Crippen molar-refractivity contribution < 1.29 is 19.5 Å². The summed E-state index contributed by atoms with van der Waals surface area (Å²) in [6.45, 7) is 4.29. The first kappa shape index (κ1) is 15.0. The molecule has 0 saturated carbocycles. The number of carbonyl (C=O) groups is 3. The first-order valence-electron chi connectivity index (χ1n) is 6.81. The first-order chi connectivity index (χ1) is 9.91. The number of rotatable bonds is 2. The smallest absolute Gasteiger partial charge is 0.336 e. The monoisotopic (exact) mass is 290 g/mol. The van der Waals surface area contributed by atoms with Gasteiger partial charge in [-0.2, -0.15) is 0 Å². The van der Waals surface area contributed by atoms with Gasteiger partial charge in [-0.3, -0.25) is 9.59 Å². The summed E-state index contributed by atoms with van der Waals surface area (Å²) in [7, 11) is 0. The van der Waals surface area contributed by atoms with Crippen molar-refractivity contribution in [3.63, 3.8) is 0 Å². The standard InChI is InChI=1S/C15H18N2O4/c1-9-4-5-10(2)13(15(20)21)12(9)14(19)17-7-3-6-16-11(18)8-17/h4-5H,3,6-8H2,1-2H3,(H,16,18)(H,20,21). The molecule has 1 fully saturated rings. The zero-order valence-corrected chi connectivity index (χ0v) is 12.1. The maximum atomic E-state index is 12.7. The Kier molecular flexibility index (Phi) is 4.26. The average molecular weight is 290 g/mol. The fraction of sp³-hybridized carbons (Fsp3) is 0.400. The topological polar surface area (TPSA) is 86.7 Å². The van der Waals surface area contributed by atoms with Crippen LogP contribution in [0, 0.1) is 13.8 Å². The van der Waals surface area contributed by atoms with Crippen molar-refractivity contribution in [1.82, 2.24) is 10.2 Å². The average Bonchev–Trinajstić information content (AvgIpc) is 2.64. The van der Waals surface area contributed by atoms with Crippen molar-refractivity contribution in [2.24, 2.45) is 0 Å². The molecule has 6 nitrogen and oxygen atoms in total. The Morgan fingerprint density at radius 3 is 2.43 bits per heavy atom. The van der Waals surface area contributed by atoms with Gasteiger partial charge < -0.3 is 15.3 Å². The molecule has 112 valence electrons. The number of amides is 2. The van der Waals surface area contributed by atoms with Gasteiger partial charge >= 0.3 is 5.97 Å². The predicted octanol–water partition coefficient (Wildman–Crippen LogP) is 0.964. The summed E-state index contributed by atoms with van der Waals surface area (Å²) < 4.78 is 0. The Labute approximate surface area is 122 Å². The number of benzene rings is 1. The third-order valence-corrected chi connectivity index (χ3v) is 3.60. The normalized spacial score (nSPS) is 15.3. The number of hydrogen-bond donors (Lipinski definition) is 2.